The van der Waals surface area contributed by atoms with Crippen molar-refractivity contribution in [1.29, 1.82) is 0 Å². The van der Waals surface area contributed by atoms with Crippen LogP contribution in [-0.4, -0.2) is 8.32 Å². The molecule has 0 atom stereocenters. The Morgan fingerprint density at radius 2 is 1.47 bits per heavy atom. The molecule has 95 valence electrons. The van der Waals surface area contributed by atoms with Gasteiger partial charge in [-0.2, -0.15) is 0 Å². The Labute approximate surface area is 107 Å². The van der Waals surface area contributed by atoms with E-state index >= 15 is 0 Å². The van der Waals surface area contributed by atoms with Crippen LogP contribution in [0.15, 0.2) is 24.3 Å². The van der Waals surface area contributed by atoms with Crippen molar-refractivity contribution in [3.8, 4) is 0 Å². The molecule has 1 nitrogen and oxygen atoms in total. The molecule has 0 aliphatic rings. The molecule has 0 heterocycles. The lowest BCUT2D eigenvalue weighted by Crippen LogP contribution is -2.46. The van der Waals surface area contributed by atoms with Crippen molar-refractivity contribution in [1.82, 2.24) is 0 Å². The quantitative estimate of drug-likeness (QED) is 0.703. The van der Waals surface area contributed by atoms with Crippen LogP contribution in [0.1, 0.15) is 40.2 Å². The summed E-state index contributed by atoms with van der Waals surface area (Å²) in [5.74, 6) is 0. The van der Waals surface area contributed by atoms with Crippen LogP contribution in [-0.2, 0) is 10.0 Å². The Balaban J connectivity index is 2.95. The fourth-order valence-corrected chi connectivity index (χ4v) is 3.34. The average Bonchev–Trinajstić information content (AvgIpc) is 2.15. The molecule has 0 spiro atoms. The molecule has 2 heteroatoms. The molecule has 0 aromatic heterocycles. The Morgan fingerprint density at radius 3 is 1.88 bits per heavy atom. The van der Waals surface area contributed by atoms with Gasteiger partial charge in [-0.3, -0.25) is 0 Å². The molecule has 0 N–H and O–H groups in total. The van der Waals surface area contributed by atoms with E-state index in [-0.39, 0.29) is 10.6 Å². The Kier molecular flexibility index (Phi) is 3.90. The molecule has 0 aliphatic carbocycles. The van der Waals surface area contributed by atoms with Gasteiger partial charge in [-0.25, -0.2) is 0 Å². The van der Waals surface area contributed by atoms with Gasteiger partial charge in [0.25, 0.3) is 0 Å². The van der Waals surface area contributed by atoms with E-state index in [9.17, 15) is 0 Å². The van der Waals surface area contributed by atoms with Crippen molar-refractivity contribution in [2.45, 2.75) is 58.4 Å². The highest BCUT2D eigenvalue weighted by Gasteiger charge is 2.41. The van der Waals surface area contributed by atoms with Crippen LogP contribution in [0.4, 0.5) is 0 Å². The van der Waals surface area contributed by atoms with Crippen molar-refractivity contribution in [2.75, 3.05) is 0 Å². The Hall–Kier alpha value is -0.603. The topological polar surface area (TPSA) is 9.23 Å². The lowest BCUT2D eigenvalue weighted by molar-refractivity contribution is 0.0902. The van der Waals surface area contributed by atoms with Gasteiger partial charge >= 0.3 is 0 Å². The summed E-state index contributed by atoms with van der Waals surface area (Å²) in [4.78, 5) is 0. The third-order valence-electron chi connectivity index (χ3n) is 3.73. The summed E-state index contributed by atoms with van der Waals surface area (Å²) in [5.41, 5.74) is 0.999. The maximum atomic E-state index is 6.50. The van der Waals surface area contributed by atoms with Crippen LogP contribution in [0.25, 0.3) is 0 Å². The molecule has 0 saturated heterocycles. The SMILES string of the molecule is CC(C)(O[Si](C)(C)C(C)(C)C)c1cc[c]cc1. The summed E-state index contributed by atoms with van der Waals surface area (Å²) >= 11 is 0. The molecular weight excluding hydrogens is 224 g/mol. The number of benzene rings is 1. The summed E-state index contributed by atoms with van der Waals surface area (Å²) in [7, 11) is -1.73. The van der Waals surface area contributed by atoms with Gasteiger partial charge in [0.1, 0.15) is 0 Å². The fourth-order valence-electron chi connectivity index (χ4n) is 1.64. The summed E-state index contributed by atoms with van der Waals surface area (Å²) in [6.45, 7) is 15.7. The summed E-state index contributed by atoms with van der Waals surface area (Å²) in [6, 6.07) is 11.1. The molecule has 1 rings (SSSR count). The van der Waals surface area contributed by atoms with Crippen molar-refractivity contribution < 1.29 is 4.43 Å². The molecule has 17 heavy (non-hydrogen) atoms. The smallest absolute Gasteiger partial charge is 0.193 e. The lowest BCUT2D eigenvalue weighted by atomic mass is 9.99. The van der Waals surface area contributed by atoms with E-state index in [0.717, 1.165) is 0 Å². The van der Waals surface area contributed by atoms with Crippen molar-refractivity contribution in [2.24, 2.45) is 0 Å². The first-order valence-electron chi connectivity index (χ1n) is 6.23. The second kappa shape index (κ2) is 4.58. The molecule has 1 aromatic rings. The van der Waals surface area contributed by atoms with E-state index < -0.39 is 8.32 Å². The monoisotopic (exact) mass is 249 g/mol. The second-order valence-corrected chi connectivity index (χ2v) is 11.4. The molecule has 0 aliphatic heterocycles. The molecule has 1 aromatic carbocycles. The van der Waals surface area contributed by atoms with Gasteiger partial charge in [0, 0.05) is 0 Å². The van der Waals surface area contributed by atoms with Crippen LogP contribution in [0.3, 0.4) is 0 Å². The third kappa shape index (κ3) is 3.43. The van der Waals surface area contributed by atoms with Crippen LogP contribution in [0, 0.1) is 6.07 Å². The fraction of sp³-hybridized carbons (Fsp3) is 0.600. The standard InChI is InChI=1S/C15H25OSi/c1-14(2,3)17(6,7)16-15(4,5)13-11-9-8-10-12-13/h9-12H,1-7H3. The normalized spacial score (nSPS) is 13.8. The van der Waals surface area contributed by atoms with E-state index in [1.165, 1.54) is 5.56 Å². The third-order valence-corrected chi connectivity index (χ3v) is 8.36. The molecule has 0 amide bonds. The molecule has 0 saturated carbocycles. The van der Waals surface area contributed by atoms with Gasteiger partial charge in [0.2, 0.25) is 0 Å². The summed E-state index contributed by atoms with van der Waals surface area (Å²) in [6.07, 6.45) is 0. The van der Waals surface area contributed by atoms with E-state index in [1.54, 1.807) is 0 Å². The highest BCUT2D eigenvalue weighted by atomic mass is 28.4. The molecule has 0 unspecified atom stereocenters. The van der Waals surface area contributed by atoms with Crippen molar-refractivity contribution >= 4 is 8.32 Å². The Bertz CT molecular complexity index is 360. The van der Waals surface area contributed by atoms with Crippen LogP contribution < -0.4 is 0 Å². The maximum absolute atomic E-state index is 6.50. The number of hydrogen-bond donors (Lipinski definition) is 0. The minimum absolute atomic E-state index is 0.224. The Morgan fingerprint density at radius 1 is 1.00 bits per heavy atom. The van der Waals surface area contributed by atoms with Gasteiger partial charge in [-0.1, -0.05) is 45.0 Å². The number of hydrogen-bond acceptors (Lipinski definition) is 1. The van der Waals surface area contributed by atoms with Crippen LogP contribution >= 0.6 is 0 Å². The second-order valence-electron chi connectivity index (χ2n) is 6.66. The highest BCUT2D eigenvalue weighted by Crippen LogP contribution is 2.41. The number of rotatable bonds is 3. The first-order valence-corrected chi connectivity index (χ1v) is 9.14. The lowest BCUT2D eigenvalue weighted by Gasteiger charge is -2.43. The van der Waals surface area contributed by atoms with Gasteiger partial charge in [0.05, 0.1) is 5.60 Å². The van der Waals surface area contributed by atoms with Crippen molar-refractivity contribution in [3.63, 3.8) is 0 Å². The molecule has 0 bridgehead atoms. The molecule has 1 radical (unpaired) electrons. The van der Waals surface area contributed by atoms with Crippen LogP contribution in [0.2, 0.25) is 18.1 Å². The average molecular weight is 249 g/mol. The molecular formula is C15H25OSi. The van der Waals surface area contributed by atoms with E-state index in [1.807, 2.05) is 12.1 Å². The predicted octanol–water partition coefficient (Wildman–Crippen LogP) is 4.74. The van der Waals surface area contributed by atoms with E-state index in [2.05, 4.69) is 65.9 Å². The maximum Gasteiger partial charge on any atom is 0.193 e. The van der Waals surface area contributed by atoms with Crippen LogP contribution in [0.5, 0.6) is 0 Å². The van der Waals surface area contributed by atoms with Gasteiger partial charge in [-0.15, -0.1) is 0 Å². The van der Waals surface area contributed by atoms with Gasteiger partial charge in [0.15, 0.2) is 8.32 Å². The van der Waals surface area contributed by atoms with E-state index in [4.69, 9.17) is 4.43 Å². The minimum Gasteiger partial charge on any atom is -0.408 e. The zero-order chi connectivity index (χ0) is 13.3. The minimum atomic E-state index is -1.73. The largest absolute Gasteiger partial charge is 0.408 e. The first-order chi connectivity index (χ1) is 7.56. The zero-order valence-corrected chi connectivity index (χ0v) is 13.2. The van der Waals surface area contributed by atoms with E-state index in [0.29, 0.717) is 0 Å². The summed E-state index contributed by atoms with van der Waals surface area (Å²) in [5, 5.41) is 0.241. The summed E-state index contributed by atoms with van der Waals surface area (Å²) < 4.78 is 6.50. The van der Waals surface area contributed by atoms with Crippen molar-refractivity contribution in [3.05, 3.63) is 35.9 Å². The first kappa shape index (κ1) is 14.5. The van der Waals surface area contributed by atoms with Gasteiger partial charge < -0.3 is 4.43 Å². The highest BCUT2D eigenvalue weighted by molar-refractivity contribution is 6.74. The molecule has 0 fully saturated rings. The van der Waals surface area contributed by atoms with Gasteiger partial charge in [-0.05, 0) is 43.6 Å². The zero-order valence-electron chi connectivity index (χ0n) is 12.2. The predicted molar refractivity (Wildman–Crippen MR) is 76.6 cm³/mol.